The second-order valence-corrected chi connectivity index (χ2v) is 9.62. The van der Waals surface area contributed by atoms with Gasteiger partial charge in [0.25, 0.3) is 11.8 Å². The van der Waals surface area contributed by atoms with Crippen LogP contribution in [0.15, 0.2) is 36.5 Å². The van der Waals surface area contributed by atoms with Gasteiger partial charge in [-0.2, -0.15) is 4.37 Å². The summed E-state index contributed by atoms with van der Waals surface area (Å²) < 4.78 is 3.99. The highest BCUT2D eigenvalue weighted by molar-refractivity contribution is 7.09. The summed E-state index contributed by atoms with van der Waals surface area (Å²) in [5.41, 5.74) is 12.5. The Morgan fingerprint density at radius 3 is 2.66 bits per heavy atom. The van der Waals surface area contributed by atoms with Gasteiger partial charge in [0, 0.05) is 11.4 Å². The quantitative estimate of drug-likeness (QED) is 0.414. The molecule has 3 aromatic rings. The Kier molecular flexibility index (Phi) is 7.60. The number of pyridine rings is 1. The van der Waals surface area contributed by atoms with E-state index in [1.165, 1.54) is 4.90 Å². The molecule has 10 heteroatoms. The van der Waals surface area contributed by atoms with Crippen LogP contribution in [-0.2, 0) is 4.79 Å². The van der Waals surface area contributed by atoms with Gasteiger partial charge in [0.15, 0.2) is 5.69 Å². The van der Waals surface area contributed by atoms with Crippen LogP contribution in [0.4, 0.5) is 11.4 Å². The number of hydrogen-bond donors (Lipinski definition) is 3. The Bertz CT molecular complexity index is 1240. The number of carbonyl (C=O) groups is 3. The fourth-order valence-corrected chi connectivity index (χ4v) is 5.25. The highest BCUT2D eigenvalue weighted by atomic mass is 32.1. The molecule has 2 aromatic heterocycles. The summed E-state index contributed by atoms with van der Waals surface area (Å²) in [5, 5.41) is 3.99. The highest BCUT2D eigenvalue weighted by Gasteiger charge is 2.35. The van der Waals surface area contributed by atoms with Crippen molar-refractivity contribution in [3.63, 3.8) is 0 Å². The maximum absolute atomic E-state index is 13.9. The van der Waals surface area contributed by atoms with Crippen molar-refractivity contribution in [3.8, 4) is 0 Å². The van der Waals surface area contributed by atoms with Gasteiger partial charge in [-0.05, 0) is 42.9 Å². The average Bonchev–Trinajstić information content (AvgIpc) is 3.50. The molecule has 0 bridgehead atoms. The molecule has 1 saturated carbocycles. The maximum Gasteiger partial charge on any atom is 0.272 e. The molecule has 3 amide bonds. The first kappa shape index (κ1) is 24.6. The summed E-state index contributed by atoms with van der Waals surface area (Å²) in [7, 11) is 0. The Balaban J connectivity index is 1.79. The van der Waals surface area contributed by atoms with Crippen LogP contribution in [0.5, 0.6) is 0 Å². The van der Waals surface area contributed by atoms with Gasteiger partial charge in [-0.3, -0.25) is 24.3 Å². The predicted octanol–water partition coefficient (Wildman–Crippen LogP) is 3.64. The Morgan fingerprint density at radius 1 is 1.23 bits per heavy atom. The number of unbranched alkanes of at least 4 members (excludes halogenated alkanes) is 1. The van der Waals surface area contributed by atoms with E-state index in [1.54, 1.807) is 6.20 Å². The number of fused-ring (bicyclic) bond motifs is 1. The average molecular weight is 495 g/mol. The van der Waals surface area contributed by atoms with E-state index in [1.807, 2.05) is 37.3 Å². The van der Waals surface area contributed by atoms with Crippen molar-refractivity contribution in [1.29, 1.82) is 0 Å². The third-order valence-corrected chi connectivity index (χ3v) is 7.23. The van der Waals surface area contributed by atoms with Crippen LogP contribution in [0, 0.1) is 0 Å². The van der Waals surface area contributed by atoms with Gasteiger partial charge in [-0.1, -0.05) is 50.8 Å². The van der Waals surface area contributed by atoms with Gasteiger partial charge in [0.2, 0.25) is 5.91 Å². The first-order chi connectivity index (χ1) is 16.9. The normalized spacial score (nSPS) is 14.7. The minimum atomic E-state index is -0.807. The van der Waals surface area contributed by atoms with Gasteiger partial charge >= 0.3 is 0 Å². The molecular formula is C25H30N6O3S. The summed E-state index contributed by atoms with van der Waals surface area (Å²) in [4.78, 5) is 45.3. The Labute approximate surface area is 208 Å². The van der Waals surface area contributed by atoms with Gasteiger partial charge in [-0.25, -0.2) is 0 Å². The lowest BCUT2D eigenvalue weighted by Crippen LogP contribution is -2.52. The molecule has 1 atom stereocenters. The van der Waals surface area contributed by atoms with E-state index >= 15 is 0 Å². The van der Waals surface area contributed by atoms with Crippen LogP contribution in [0.2, 0.25) is 0 Å². The van der Waals surface area contributed by atoms with Gasteiger partial charge < -0.3 is 16.8 Å². The number of para-hydroxylation sites is 1. The van der Waals surface area contributed by atoms with E-state index in [0.29, 0.717) is 12.1 Å². The molecule has 1 fully saturated rings. The summed E-state index contributed by atoms with van der Waals surface area (Å²) in [6, 6.07) is 8.74. The number of nitrogen functional groups attached to an aromatic ring is 1. The van der Waals surface area contributed by atoms with Crippen LogP contribution in [0.3, 0.4) is 0 Å². The first-order valence-corrected chi connectivity index (χ1v) is 12.7. The van der Waals surface area contributed by atoms with Crippen LogP contribution in [-0.4, -0.2) is 39.2 Å². The topological polar surface area (TPSA) is 144 Å². The SMILES string of the molecule is CCCCC(C(=O)NC1CCCC1)N(C(=O)c1snc(C(N)=O)c1N)c1cnc2ccccc2c1. The van der Waals surface area contributed by atoms with Crippen molar-refractivity contribution < 1.29 is 14.4 Å². The van der Waals surface area contributed by atoms with Crippen molar-refractivity contribution in [2.24, 2.45) is 5.73 Å². The number of carbonyl (C=O) groups excluding carboxylic acids is 3. The fourth-order valence-electron chi connectivity index (χ4n) is 4.51. The highest BCUT2D eigenvalue weighted by Crippen LogP contribution is 2.30. The monoisotopic (exact) mass is 494 g/mol. The zero-order valence-electron chi connectivity index (χ0n) is 19.7. The van der Waals surface area contributed by atoms with E-state index in [0.717, 1.165) is 61.0 Å². The molecule has 0 radical (unpaired) electrons. The number of nitrogens with one attached hydrogen (secondary N) is 1. The van der Waals surface area contributed by atoms with Crippen molar-refractivity contribution in [2.45, 2.75) is 64.0 Å². The van der Waals surface area contributed by atoms with Crippen molar-refractivity contribution in [3.05, 3.63) is 47.1 Å². The number of nitrogens with two attached hydrogens (primary N) is 2. The van der Waals surface area contributed by atoms with E-state index in [2.05, 4.69) is 14.7 Å². The minimum Gasteiger partial charge on any atom is -0.395 e. The first-order valence-electron chi connectivity index (χ1n) is 11.9. The third-order valence-electron chi connectivity index (χ3n) is 6.38. The van der Waals surface area contributed by atoms with Crippen LogP contribution in [0.25, 0.3) is 10.9 Å². The van der Waals surface area contributed by atoms with E-state index < -0.39 is 17.9 Å². The smallest absolute Gasteiger partial charge is 0.272 e. The molecule has 0 saturated heterocycles. The lowest BCUT2D eigenvalue weighted by Gasteiger charge is -2.31. The number of rotatable bonds is 9. The second kappa shape index (κ2) is 10.8. The molecule has 1 aliphatic carbocycles. The zero-order chi connectivity index (χ0) is 24.9. The zero-order valence-corrected chi connectivity index (χ0v) is 20.5. The summed E-state index contributed by atoms with van der Waals surface area (Å²) in [6.07, 6.45) is 7.69. The van der Waals surface area contributed by atoms with E-state index in [4.69, 9.17) is 11.5 Å². The summed E-state index contributed by atoms with van der Waals surface area (Å²) >= 11 is 0.806. The molecular weight excluding hydrogens is 464 g/mol. The number of primary amides is 1. The molecule has 35 heavy (non-hydrogen) atoms. The van der Waals surface area contributed by atoms with Crippen LogP contribution in [0.1, 0.15) is 72.0 Å². The molecule has 1 unspecified atom stereocenters. The molecule has 1 aromatic carbocycles. The lowest BCUT2D eigenvalue weighted by atomic mass is 10.0. The number of hydrogen-bond acceptors (Lipinski definition) is 7. The van der Waals surface area contributed by atoms with Crippen molar-refractivity contribution in [1.82, 2.24) is 14.7 Å². The molecule has 4 rings (SSSR count). The maximum atomic E-state index is 13.9. The van der Waals surface area contributed by atoms with Crippen LogP contribution < -0.4 is 21.7 Å². The standard InChI is InChI=1S/C25H30N6O3S/c1-2-3-12-19(24(33)29-16-9-5-6-10-16)31(17-13-15-8-4-7-11-18(15)28-14-17)25(34)22-20(26)21(23(27)32)30-35-22/h4,7-8,11,13-14,16,19H,2-3,5-6,9-10,12,26H2,1H3,(H2,27,32)(H,29,33). The Morgan fingerprint density at radius 2 is 1.97 bits per heavy atom. The Hall–Kier alpha value is -3.53. The summed E-state index contributed by atoms with van der Waals surface area (Å²) in [5.74, 6) is -1.52. The predicted molar refractivity (Wildman–Crippen MR) is 137 cm³/mol. The molecule has 0 spiro atoms. The number of benzene rings is 1. The molecule has 1 aliphatic rings. The molecule has 5 N–H and O–H groups in total. The van der Waals surface area contributed by atoms with Crippen molar-refractivity contribution in [2.75, 3.05) is 10.6 Å². The van der Waals surface area contributed by atoms with Crippen LogP contribution >= 0.6 is 11.5 Å². The second-order valence-electron chi connectivity index (χ2n) is 8.85. The van der Waals surface area contributed by atoms with Gasteiger partial charge in [-0.15, -0.1) is 0 Å². The van der Waals surface area contributed by atoms with E-state index in [-0.39, 0.29) is 28.2 Å². The number of anilines is 2. The third kappa shape index (κ3) is 5.27. The van der Waals surface area contributed by atoms with Gasteiger partial charge in [0.1, 0.15) is 10.9 Å². The molecule has 0 aliphatic heterocycles. The van der Waals surface area contributed by atoms with E-state index in [9.17, 15) is 14.4 Å². The fraction of sp³-hybridized carbons (Fsp3) is 0.400. The molecule has 184 valence electrons. The number of nitrogens with zero attached hydrogens (tertiary/aromatic N) is 3. The minimum absolute atomic E-state index is 0.0714. The number of amides is 3. The molecule has 2 heterocycles. The largest absolute Gasteiger partial charge is 0.395 e. The summed E-state index contributed by atoms with van der Waals surface area (Å²) in [6.45, 7) is 2.04. The van der Waals surface area contributed by atoms with Crippen molar-refractivity contribution >= 4 is 51.5 Å². The number of aromatic nitrogens is 2. The lowest BCUT2D eigenvalue weighted by molar-refractivity contribution is -0.123. The molecule has 9 nitrogen and oxygen atoms in total. The van der Waals surface area contributed by atoms with Gasteiger partial charge in [0.05, 0.1) is 23.1 Å².